The molecule has 0 amide bonds. The molecule has 156 valence electrons. The van der Waals surface area contributed by atoms with E-state index in [4.69, 9.17) is 4.42 Å². The topological polar surface area (TPSA) is 83.3 Å². The van der Waals surface area contributed by atoms with Crippen LogP contribution in [0.5, 0.6) is 0 Å². The number of pyridine rings is 1. The van der Waals surface area contributed by atoms with E-state index in [0.29, 0.717) is 42.9 Å². The van der Waals surface area contributed by atoms with Gasteiger partial charge in [-0.1, -0.05) is 12.1 Å². The molecule has 1 aliphatic rings. The summed E-state index contributed by atoms with van der Waals surface area (Å²) in [5, 5.41) is 5.96. The zero-order valence-electron chi connectivity index (χ0n) is 15.7. The van der Waals surface area contributed by atoms with Crippen LogP contribution in [0.4, 0.5) is 30.7 Å². The SMILES string of the molecule is O=CC1CN(c2ncc(-c3cccc(Nc4cccc(C(F)(F)F)c4)n3)o2)CCN1. The van der Waals surface area contributed by atoms with Gasteiger partial charge in [0.25, 0.3) is 6.01 Å². The van der Waals surface area contributed by atoms with E-state index in [1.165, 1.54) is 18.3 Å². The number of alkyl halides is 3. The van der Waals surface area contributed by atoms with Crippen molar-refractivity contribution in [1.82, 2.24) is 15.3 Å². The summed E-state index contributed by atoms with van der Waals surface area (Å²) in [5.41, 5.74) is 0.00874. The summed E-state index contributed by atoms with van der Waals surface area (Å²) >= 11 is 0. The lowest BCUT2D eigenvalue weighted by molar-refractivity contribution is -0.137. The maximum absolute atomic E-state index is 12.9. The van der Waals surface area contributed by atoms with Crippen LogP contribution >= 0.6 is 0 Å². The molecule has 7 nitrogen and oxygen atoms in total. The first-order valence-corrected chi connectivity index (χ1v) is 9.23. The molecule has 2 aromatic heterocycles. The minimum absolute atomic E-state index is 0.272. The van der Waals surface area contributed by atoms with Crippen LogP contribution in [0, 0.1) is 0 Å². The second kappa shape index (κ2) is 8.15. The number of anilines is 3. The third kappa shape index (κ3) is 4.43. The molecule has 30 heavy (non-hydrogen) atoms. The van der Waals surface area contributed by atoms with Gasteiger partial charge in [0.1, 0.15) is 17.8 Å². The smallest absolute Gasteiger partial charge is 0.416 e. The van der Waals surface area contributed by atoms with Crippen molar-refractivity contribution in [3.05, 3.63) is 54.2 Å². The molecule has 0 aliphatic carbocycles. The summed E-state index contributed by atoms with van der Waals surface area (Å²) in [6, 6.07) is 10.1. The van der Waals surface area contributed by atoms with Gasteiger partial charge in [-0.15, -0.1) is 0 Å². The lowest BCUT2D eigenvalue weighted by atomic mass is 10.2. The number of nitrogens with one attached hydrogen (secondary N) is 2. The van der Waals surface area contributed by atoms with Gasteiger partial charge in [-0.05, 0) is 30.3 Å². The largest absolute Gasteiger partial charge is 0.422 e. The molecule has 0 radical (unpaired) electrons. The number of aldehydes is 1. The average molecular weight is 417 g/mol. The van der Waals surface area contributed by atoms with E-state index in [9.17, 15) is 18.0 Å². The van der Waals surface area contributed by atoms with Crippen molar-refractivity contribution >= 4 is 23.8 Å². The van der Waals surface area contributed by atoms with Crippen LogP contribution in [0.3, 0.4) is 0 Å². The molecule has 1 aliphatic heterocycles. The molecule has 3 aromatic rings. The number of nitrogens with zero attached hydrogens (tertiary/aromatic N) is 3. The van der Waals surface area contributed by atoms with Gasteiger partial charge >= 0.3 is 6.18 Å². The van der Waals surface area contributed by atoms with E-state index < -0.39 is 11.7 Å². The molecule has 0 bridgehead atoms. The highest BCUT2D eigenvalue weighted by Crippen LogP contribution is 2.31. The van der Waals surface area contributed by atoms with Gasteiger partial charge in [-0.25, -0.2) is 9.97 Å². The number of halogens is 3. The lowest BCUT2D eigenvalue weighted by Crippen LogP contribution is -2.51. The Kier molecular flexibility index (Phi) is 5.40. The van der Waals surface area contributed by atoms with Gasteiger partial charge in [0.05, 0.1) is 17.8 Å². The van der Waals surface area contributed by atoms with Crippen molar-refractivity contribution < 1.29 is 22.4 Å². The first kappa shape index (κ1) is 19.9. The van der Waals surface area contributed by atoms with Gasteiger partial charge in [-0.2, -0.15) is 13.2 Å². The van der Waals surface area contributed by atoms with Crippen LogP contribution in [-0.2, 0) is 11.0 Å². The molecule has 10 heteroatoms. The van der Waals surface area contributed by atoms with Gasteiger partial charge < -0.3 is 24.7 Å². The second-order valence-electron chi connectivity index (χ2n) is 6.76. The highest BCUT2D eigenvalue weighted by molar-refractivity contribution is 5.62. The first-order valence-electron chi connectivity index (χ1n) is 9.23. The summed E-state index contributed by atoms with van der Waals surface area (Å²) < 4.78 is 44.5. The van der Waals surface area contributed by atoms with Crippen LogP contribution in [-0.4, -0.2) is 41.9 Å². The standard InChI is InChI=1S/C20H18F3N5O2/c21-20(22,23)13-3-1-4-14(9-13)26-18-6-2-5-16(27-18)17-10-25-19(30-17)28-8-7-24-15(11-28)12-29/h1-6,9-10,12,15,24H,7-8,11H2,(H,26,27). The molecule has 0 saturated carbocycles. The maximum Gasteiger partial charge on any atom is 0.416 e. The fourth-order valence-corrected chi connectivity index (χ4v) is 3.14. The lowest BCUT2D eigenvalue weighted by Gasteiger charge is -2.29. The average Bonchev–Trinajstić information content (AvgIpc) is 3.24. The Hall–Kier alpha value is -3.40. The molecular weight excluding hydrogens is 399 g/mol. The van der Waals surface area contributed by atoms with Crippen molar-refractivity contribution in [3.8, 4) is 11.5 Å². The number of rotatable bonds is 5. The van der Waals surface area contributed by atoms with Crippen LogP contribution in [0.2, 0.25) is 0 Å². The van der Waals surface area contributed by atoms with E-state index in [1.807, 2.05) is 4.90 Å². The second-order valence-corrected chi connectivity index (χ2v) is 6.76. The fraction of sp³-hybridized carbons (Fsp3) is 0.250. The number of carbonyl (C=O) groups is 1. The third-order valence-electron chi connectivity index (χ3n) is 4.60. The zero-order chi connectivity index (χ0) is 21.1. The van der Waals surface area contributed by atoms with Crippen molar-refractivity contribution in [1.29, 1.82) is 0 Å². The number of hydrogen-bond acceptors (Lipinski definition) is 7. The Balaban J connectivity index is 1.52. The van der Waals surface area contributed by atoms with E-state index in [0.717, 1.165) is 18.4 Å². The molecule has 3 heterocycles. The van der Waals surface area contributed by atoms with Gasteiger partial charge in [-0.3, -0.25) is 0 Å². The summed E-state index contributed by atoms with van der Waals surface area (Å²) in [6.45, 7) is 1.73. The van der Waals surface area contributed by atoms with E-state index >= 15 is 0 Å². The maximum atomic E-state index is 12.9. The van der Waals surface area contributed by atoms with E-state index in [-0.39, 0.29) is 11.7 Å². The molecule has 4 rings (SSSR count). The number of piperazine rings is 1. The van der Waals surface area contributed by atoms with E-state index in [2.05, 4.69) is 20.6 Å². The Morgan fingerprint density at radius 1 is 1.23 bits per heavy atom. The highest BCUT2D eigenvalue weighted by atomic mass is 19.4. The zero-order valence-corrected chi connectivity index (χ0v) is 15.7. The number of oxazole rings is 1. The Morgan fingerprint density at radius 3 is 2.87 bits per heavy atom. The molecule has 0 spiro atoms. The highest BCUT2D eigenvalue weighted by Gasteiger charge is 2.30. The predicted molar refractivity (Wildman–Crippen MR) is 105 cm³/mol. The molecule has 1 aromatic carbocycles. The van der Waals surface area contributed by atoms with Crippen LogP contribution in [0.25, 0.3) is 11.5 Å². The van der Waals surface area contributed by atoms with Crippen molar-refractivity contribution in [2.75, 3.05) is 29.9 Å². The molecular formula is C20H18F3N5O2. The number of aromatic nitrogens is 2. The summed E-state index contributed by atoms with van der Waals surface area (Å²) in [5.74, 6) is 0.784. The Labute approximate surface area is 169 Å². The quantitative estimate of drug-likeness (QED) is 0.615. The molecule has 1 saturated heterocycles. The predicted octanol–water partition coefficient (Wildman–Crippen LogP) is 3.48. The van der Waals surface area contributed by atoms with Crippen LogP contribution in [0.15, 0.2) is 53.1 Å². The third-order valence-corrected chi connectivity index (χ3v) is 4.60. The number of carbonyl (C=O) groups excluding carboxylic acids is 1. The normalized spacial score (nSPS) is 17.0. The Morgan fingerprint density at radius 2 is 2.07 bits per heavy atom. The van der Waals surface area contributed by atoms with Crippen molar-refractivity contribution in [3.63, 3.8) is 0 Å². The van der Waals surface area contributed by atoms with Crippen LogP contribution < -0.4 is 15.5 Å². The number of hydrogen-bond donors (Lipinski definition) is 2. The molecule has 1 atom stereocenters. The summed E-state index contributed by atoms with van der Waals surface area (Å²) in [7, 11) is 0. The fourth-order valence-electron chi connectivity index (χ4n) is 3.14. The minimum Gasteiger partial charge on any atom is -0.422 e. The first-order chi connectivity index (χ1) is 14.4. The van der Waals surface area contributed by atoms with Gasteiger partial charge in [0.2, 0.25) is 0 Å². The monoisotopic (exact) mass is 417 g/mol. The molecule has 1 fully saturated rings. The minimum atomic E-state index is -4.42. The van der Waals surface area contributed by atoms with Gasteiger partial charge in [0.15, 0.2) is 5.76 Å². The van der Waals surface area contributed by atoms with Crippen LogP contribution in [0.1, 0.15) is 5.56 Å². The van der Waals surface area contributed by atoms with Crippen molar-refractivity contribution in [2.45, 2.75) is 12.2 Å². The summed E-state index contributed by atoms with van der Waals surface area (Å²) in [6.07, 6.45) is -2.04. The van der Waals surface area contributed by atoms with Gasteiger partial charge in [0, 0.05) is 25.3 Å². The number of benzene rings is 1. The van der Waals surface area contributed by atoms with Crippen molar-refractivity contribution in [2.24, 2.45) is 0 Å². The van der Waals surface area contributed by atoms with E-state index in [1.54, 1.807) is 18.2 Å². The molecule has 2 N–H and O–H groups in total. The molecule has 1 unspecified atom stereocenters. The Bertz CT molecular complexity index is 1040. The summed E-state index contributed by atoms with van der Waals surface area (Å²) in [4.78, 5) is 21.5.